The Morgan fingerprint density at radius 2 is 2.00 bits per heavy atom. The number of fused-ring (bicyclic) bond motifs is 1. The van der Waals surface area contributed by atoms with Crippen LogP contribution in [0.2, 0.25) is 5.02 Å². The van der Waals surface area contributed by atoms with E-state index >= 15 is 0 Å². The van der Waals surface area contributed by atoms with E-state index in [2.05, 4.69) is 20.9 Å². The molecule has 0 atom stereocenters. The second kappa shape index (κ2) is 4.74. The lowest BCUT2D eigenvalue weighted by atomic mass is 10.2. The molecular formula is C13H7BrClFN2S. The molecule has 19 heavy (non-hydrogen) atoms. The van der Waals surface area contributed by atoms with Crippen LogP contribution in [0.5, 0.6) is 0 Å². The Balaban J connectivity index is 2.38. The van der Waals surface area contributed by atoms with Crippen molar-refractivity contribution in [3.05, 3.63) is 56.5 Å². The summed E-state index contributed by atoms with van der Waals surface area (Å²) in [4.78, 5) is 3.08. The first-order chi connectivity index (χ1) is 9.04. The summed E-state index contributed by atoms with van der Waals surface area (Å²) in [6.45, 7) is 0. The Labute approximate surface area is 127 Å². The molecule has 0 fully saturated rings. The molecule has 1 N–H and O–H groups in total. The fourth-order valence-electron chi connectivity index (χ4n) is 2.00. The fourth-order valence-corrected chi connectivity index (χ4v) is 2.88. The number of aromatic nitrogens is 2. The summed E-state index contributed by atoms with van der Waals surface area (Å²) in [6, 6.07) is 10.1. The molecule has 96 valence electrons. The molecule has 2 aromatic carbocycles. The lowest BCUT2D eigenvalue weighted by Gasteiger charge is -2.06. The number of hydrogen-bond acceptors (Lipinski definition) is 1. The number of rotatable bonds is 1. The minimum atomic E-state index is -0.395. The summed E-state index contributed by atoms with van der Waals surface area (Å²) >= 11 is 14.6. The van der Waals surface area contributed by atoms with Gasteiger partial charge >= 0.3 is 0 Å². The number of benzene rings is 2. The fraction of sp³-hybridized carbons (Fsp3) is 0. The van der Waals surface area contributed by atoms with Gasteiger partial charge in [-0.1, -0.05) is 27.5 Å². The minimum absolute atomic E-state index is 0.334. The molecule has 0 bridgehead atoms. The molecule has 0 aliphatic rings. The maximum absolute atomic E-state index is 13.5. The Morgan fingerprint density at radius 1 is 1.21 bits per heavy atom. The molecule has 0 aliphatic carbocycles. The monoisotopic (exact) mass is 356 g/mol. The van der Waals surface area contributed by atoms with E-state index in [1.54, 1.807) is 10.6 Å². The quantitative estimate of drug-likeness (QED) is 0.590. The number of H-pyrrole nitrogens is 1. The smallest absolute Gasteiger partial charge is 0.182 e. The van der Waals surface area contributed by atoms with Gasteiger partial charge in [-0.3, -0.25) is 4.57 Å². The number of halogens is 3. The third-order valence-corrected chi connectivity index (χ3v) is 3.75. The number of hydrogen-bond donors (Lipinski definition) is 1. The van der Waals surface area contributed by atoms with Gasteiger partial charge in [-0.2, -0.15) is 0 Å². The van der Waals surface area contributed by atoms with Gasteiger partial charge in [-0.25, -0.2) is 4.39 Å². The zero-order valence-electron chi connectivity index (χ0n) is 9.45. The highest BCUT2D eigenvalue weighted by atomic mass is 79.9. The van der Waals surface area contributed by atoms with E-state index in [1.807, 2.05) is 18.2 Å². The maximum atomic E-state index is 13.5. The Kier molecular flexibility index (Phi) is 3.20. The highest BCUT2D eigenvalue weighted by Gasteiger charge is 2.09. The summed E-state index contributed by atoms with van der Waals surface area (Å²) in [7, 11) is 0. The lowest BCUT2D eigenvalue weighted by Crippen LogP contribution is -1.95. The van der Waals surface area contributed by atoms with Gasteiger partial charge in [0.1, 0.15) is 5.82 Å². The SMILES string of the molecule is Fc1cc(Cl)cc(-n2c(=S)[nH]c3ccc(Br)cc32)c1. The van der Waals surface area contributed by atoms with Gasteiger partial charge in [0.05, 0.1) is 16.7 Å². The number of imidazole rings is 1. The Bertz CT molecular complexity index is 820. The molecule has 0 unspecified atom stereocenters. The van der Waals surface area contributed by atoms with Crippen LogP contribution in [0.4, 0.5) is 4.39 Å². The molecule has 0 radical (unpaired) electrons. The number of nitrogens with one attached hydrogen (secondary N) is 1. The normalized spacial score (nSPS) is 11.1. The van der Waals surface area contributed by atoms with E-state index in [0.717, 1.165) is 15.5 Å². The molecule has 0 amide bonds. The predicted molar refractivity (Wildman–Crippen MR) is 81.1 cm³/mol. The van der Waals surface area contributed by atoms with Crippen LogP contribution in [-0.2, 0) is 0 Å². The Hall–Kier alpha value is -1.17. The van der Waals surface area contributed by atoms with Crippen molar-refractivity contribution in [1.82, 2.24) is 9.55 Å². The van der Waals surface area contributed by atoms with Gasteiger partial charge in [0.25, 0.3) is 0 Å². The predicted octanol–water partition coefficient (Wildman–Crippen LogP) is 5.24. The van der Waals surface area contributed by atoms with Crippen LogP contribution in [0, 0.1) is 10.6 Å². The van der Waals surface area contributed by atoms with E-state index in [9.17, 15) is 4.39 Å². The summed E-state index contributed by atoms with van der Waals surface area (Å²) in [5.74, 6) is -0.395. The summed E-state index contributed by atoms with van der Waals surface area (Å²) < 4.78 is 16.7. The van der Waals surface area contributed by atoms with E-state index in [0.29, 0.717) is 15.5 Å². The van der Waals surface area contributed by atoms with Crippen molar-refractivity contribution in [3.8, 4) is 5.69 Å². The summed E-state index contributed by atoms with van der Waals surface area (Å²) in [5.41, 5.74) is 2.34. The second-order valence-electron chi connectivity index (χ2n) is 4.05. The molecule has 1 aromatic heterocycles. The first kappa shape index (κ1) is 12.8. The summed E-state index contributed by atoms with van der Waals surface area (Å²) in [6.07, 6.45) is 0. The van der Waals surface area contributed by atoms with Crippen LogP contribution in [-0.4, -0.2) is 9.55 Å². The van der Waals surface area contributed by atoms with E-state index in [1.165, 1.54) is 12.1 Å². The van der Waals surface area contributed by atoms with Crippen molar-refractivity contribution in [2.24, 2.45) is 0 Å². The molecule has 1 heterocycles. The van der Waals surface area contributed by atoms with Crippen LogP contribution in [0.15, 0.2) is 40.9 Å². The molecule has 3 aromatic rings. The van der Waals surface area contributed by atoms with Crippen molar-refractivity contribution in [3.63, 3.8) is 0 Å². The molecule has 3 rings (SSSR count). The van der Waals surface area contributed by atoms with Crippen LogP contribution < -0.4 is 0 Å². The van der Waals surface area contributed by atoms with Gasteiger partial charge in [0, 0.05) is 9.50 Å². The third-order valence-electron chi connectivity index (χ3n) is 2.75. The molecule has 0 aliphatic heterocycles. The van der Waals surface area contributed by atoms with Crippen LogP contribution in [0.25, 0.3) is 16.7 Å². The number of aromatic amines is 1. The van der Waals surface area contributed by atoms with Crippen molar-refractivity contribution in [1.29, 1.82) is 0 Å². The molecule has 0 saturated carbocycles. The van der Waals surface area contributed by atoms with Crippen LogP contribution in [0.3, 0.4) is 0 Å². The maximum Gasteiger partial charge on any atom is 0.182 e. The van der Waals surface area contributed by atoms with Gasteiger partial charge < -0.3 is 4.98 Å². The second-order valence-corrected chi connectivity index (χ2v) is 5.79. The first-order valence-corrected chi connectivity index (χ1v) is 6.99. The van der Waals surface area contributed by atoms with E-state index in [4.69, 9.17) is 23.8 Å². The molecule has 6 heteroatoms. The number of nitrogens with zero attached hydrogens (tertiary/aromatic N) is 1. The van der Waals surface area contributed by atoms with E-state index < -0.39 is 5.82 Å². The zero-order valence-corrected chi connectivity index (χ0v) is 12.6. The van der Waals surface area contributed by atoms with Crippen molar-refractivity contribution in [2.45, 2.75) is 0 Å². The molecular weight excluding hydrogens is 351 g/mol. The standard InChI is InChI=1S/C13H7BrClFN2S/c14-7-1-2-11-12(3-7)18(13(19)17-11)10-5-8(15)4-9(16)6-10/h1-6H,(H,17,19). The lowest BCUT2D eigenvalue weighted by molar-refractivity contribution is 0.627. The Morgan fingerprint density at radius 3 is 2.74 bits per heavy atom. The minimum Gasteiger partial charge on any atom is -0.330 e. The highest BCUT2D eigenvalue weighted by molar-refractivity contribution is 9.10. The largest absolute Gasteiger partial charge is 0.330 e. The average Bonchev–Trinajstić information content (AvgIpc) is 2.63. The first-order valence-electron chi connectivity index (χ1n) is 5.41. The zero-order chi connectivity index (χ0) is 13.6. The molecule has 0 spiro atoms. The van der Waals surface area contributed by atoms with Crippen molar-refractivity contribution < 1.29 is 4.39 Å². The van der Waals surface area contributed by atoms with Crippen LogP contribution >= 0.6 is 39.7 Å². The van der Waals surface area contributed by atoms with Crippen molar-refractivity contribution in [2.75, 3.05) is 0 Å². The van der Waals surface area contributed by atoms with E-state index in [-0.39, 0.29) is 0 Å². The molecule has 2 nitrogen and oxygen atoms in total. The van der Waals surface area contributed by atoms with Gasteiger partial charge in [0.15, 0.2) is 4.77 Å². The summed E-state index contributed by atoms with van der Waals surface area (Å²) in [5, 5.41) is 0.334. The average molecular weight is 358 g/mol. The van der Waals surface area contributed by atoms with Crippen LogP contribution in [0.1, 0.15) is 0 Å². The topological polar surface area (TPSA) is 20.7 Å². The van der Waals surface area contributed by atoms with Gasteiger partial charge in [-0.05, 0) is 48.6 Å². The highest BCUT2D eigenvalue weighted by Crippen LogP contribution is 2.25. The van der Waals surface area contributed by atoms with Gasteiger partial charge in [0.2, 0.25) is 0 Å². The third kappa shape index (κ3) is 2.33. The van der Waals surface area contributed by atoms with Crippen molar-refractivity contribution >= 4 is 50.8 Å². The van der Waals surface area contributed by atoms with Gasteiger partial charge in [-0.15, -0.1) is 0 Å². The molecule has 0 saturated heterocycles.